The molecule has 1 heterocycles. The molecule has 0 saturated heterocycles. The van der Waals surface area contributed by atoms with E-state index in [2.05, 4.69) is 24.1 Å². The lowest BCUT2D eigenvalue weighted by atomic mass is 9.96. The summed E-state index contributed by atoms with van der Waals surface area (Å²) in [7, 11) is 0. The summed E-state index contributed by atoms with van der Waals surface area (Å²) in [6.07, 6.45) is 0.888. The van der Waals surface area contributed by atoms with Crippen LogP contribution in [-0.4, -0.2) is 16.6 Å². The molecule has 22 heavy (non-hydrogen) atoms. The Morgan fingerprint density at radius 2 is 1.91 bits per heavy atom. The summed E-state index contributed by atoms with van der Waals surface area (Å²) in [5.74, 6) is -0.0756. The Labute approximate surface area is 131 Å². The van der Waals surface area contributed by atoms with Crippen molar-refractivity contribution in [3.05, 3.63) is 65.2 Å². The standard InChI is InChI=1S/C18H23FN2O/c1-12(2)17(18-13(3)7-6-10-20-18)21-11-16(22)14-8-4-5-9-15(14)19/h4-10,12,16-17,21-22H,11H2,1-3H3. The van der Waals surface area contributed by atoms with Gasteiger partial charge in [0.25, 0.3) is 0 Å². The molecule has 3 nitrogen and oxygen atoms in total. The maximum atomic E-state index is 13.7. The van der Waals surface area contributed by atoms with Crippen molar-refractivity contribution in [1.82, 2.24) is 10.3 Å². The van der Waals surface area contributed by atoms with Gasteiger partial charge in [-0.1, -0.05) is 38.1 Å². The number of aryl methyl sites for hydroxylation is 1. The van der Waals surface area contributed by atoms with Gasteiger partial charge in [-0.05, 0) is 30.5 Å². The van der Waals surface area contributed by atoms with Gasteiger partial charge in [-0.2, -0.15) is 0 Å². The molecule has 2 aromatic rings. The predicted molar refractivity (Wildman–Crippen MR) is 85.9 cm³/mol. The number of aliphatic hydroxyl groups excluding tert-OH is 1. The average Bonchev–Trinajstić information content (AvgIpc) is 2.49. The first-order chi connectivity index (χ1) is 10.5. The van der Waals surface area contributed by atoms with Crippen LogP contribution < -0.4 is 5.32 Å². The quantitative estimate of drug-likeness (QED) is 0.858. The molecule has 0 spiro atoms. The number of rotatable bonds is 6. The van der Waals surface area contributed by atoms with Crippen molar-refractivity contribution in [3.63, 3.8) is 0 Å². The zero-order valence-corrected chi connectivity index (χ0v) is 13.3. The minimum Gasteiger partial charge on any atom is -0.387 e. The van der Waals surface area contributed by atoms with Crippen molar-refractivity contribution >= 4 is 0 Å². The molecule has 0 aliphatic carbocycles. The smallest absolute Gasteiger partial charge is 0.129 e. The van der Waals surface area contributed by atoms with Crippen LogP contribution >= 0.6 is 0 Å². The van der Waals surface area contributed by atoms with Crippen LogP contribution in [0, 0.1) is 18.7 Å². The Kier molecular flexibility index (Phi) is 5.63. The third-order valence-corrected chi connectivity index (χ3v) is 3.81. The van der Waals surface area contributed by atoms with Crippen LogP contribution in [0.4, 0.5) is 4.39 Å². The molecule has 1 aromatic heterocycles. The molecule has 118 valence electrons. The van der Waals surface area contributed by atoms with Gasteiger partial charge in [-0.3, -0.25) is 4.98 Å². The molecular weight excluding hydrogens is 279 g/mol. The average molecular weight is 302 g/mol. The number of hydrogen-bond acceptors (Lipinski definition) is 3. The molecule has 0 saturated carbocycles. The van der Waals surface area contributed by atoms with E-state index in [-0.39, 0.29) is 18.4 Å². The van der Waals surface area contributed by atoms with Gasteiger partial charge in [0.15, 0.2) is 0 Å². The first-order valence-corrected chi connectivity index (χ1v) is 7.58. The number of halogens is 1. The topological polar surface area (TPSA) is 45.2 Å². The van der Waals surface area contributed by atoms with E-state index in [9.17, 15) is 9.50 Å². The van der Waals surface area contributed by atoms with Crippen molar-refractivity contribution in [2.75, 3.05) is 6.54 Å². The van der Waals surface area contributed by atoms with E-state index in [0.717, 1.165) is 11.3 Å². The fraction of sp³-hybridized carbons (Fsp3) is 0.389. The molecule has 2 unspecified atom stereocenters. The number of aromatic nitrogens is 1. The van der Waals surface area contributed by atoms with E-state index in [0.29, 0.717) is 11.5 Å². The molecule has 0 aliphatic rings. The van der Waals surface area contributed by atoms with Gasteiger partial charge in [-0.15, -0.1) is 0 Å². The lowest BCUT2D eigenvalue weighted by Crippen LogP contribution is -2.31. The van der Waals surface area contributed by atoms with E-state index in [1.54, 1.807) is 24.4 Å². The lowest BCUT2D eigenvalue weighted by molar-refractivity contribution is 0.161. The van der Waals surface area contributed by atoms with Gasteiger partial charge < -0.3 is 10.4 Å². The zero-order valence-electron chi connectivity index (χ0n) is 13.3. The first kappa shape index (κ1) is 16.6. The van der Waals surface area contributed by atoms with Crippen molar-refractivity contribution in [2.45, 2.75) is 32.9 Å². The van der Waals surface area contributed by atoms with Gasteiger partial charge in [0.2, 0.25) is 0 Å². The van der Waals surface area contributed by atoms with Gasteiger partial charge in [0.1, 0.15) is 5.82 Å². The number of aliphatic hydroxyl groups is 1. The molecule has 0 bridgehead atoms. The highest BCUT2D eigenvalue weighted by Gasteiger charge is 2.21. The van der Waals surface area contributed by atoms with E-state index < -0.39 is 6.10 Å². The largest absolute Gasteiger partial charge is 0.387 e. The van der Waals surface area contributed by atoms with Gasteiger partial charge >= 0.3 is 0 Å². The van der Waals surface area contributed by atoms with E-state index in [1.165, 1.54) is 6.07 Å². The Morgan fingerprint density at radius 1 is 1.18 bits per heavy atom. The number of pyridine rings is 1. The normalized spacial score (nSPS) is 14.1. The zero-order chi connectivity index (χ0) is 16.1. The fourth-order valence-corrected chi connectivity index (χ4v) is 2.57. The summed E-state index contributed by atoms with van der Waals surface area (Å²) in [5.41, 5.74) is 2.39. The molecule has 1 aromatic carbocycles. The highest BCUT2D eigenvalue weighted by atomic mass is 19.1. The number of benzene rings is 1. The summed E-state index contributed by atoms with van der Waals surface area (Å²) >= 11 is 0. The summed E-state index contributed by atoms with van der Waals surface area (Å²) in [6.45, 7) is 6.50. The Balaban J connectivity index is 2.10. The maximum Gasteiger partial charge on any atom is 0.129 e. The lowest BCUT2D eigenvalue weighted by Gasteiger charge is -2.25. The Bertz CT molecular complexity index is 616. The summed E-state index contributed by atoms with van der Waals surface area (Å²) < 4.78 is 13.7. The number of hydrogen-bond donors (Lipinski definition) is 2. The fourth-order valence-electron chi connectivity index (χ4n) is 2.57. The third kappa shape index (κ3) is 3.90. The number of nitrogens with one attached hydrogen (secondary N) is 1. The molecule has 0 fully saturated rings. The molecule has 4 heteroatoms. The van der Waals surface area contributed by atoms with Crippen molar-refractivity contribution < 1.29 is 9.50 Å². The van der Waals surface area contributed by atoms with Crippen molar-refractivity contribution in [3.8, 4) is 0 Å². The van der Waals surface area contributed by atoms with Crippen LogP contribution in [0.15, 0.2) is 42.6 Å². The van der Waals surface area contributed by atoms with Crippen molar-refractivity contribution in [2.24, 2.45) is 5.92 Å². The second-order valence-electron chi connectivity index (χ2n) is 5.87. The van der Waals surface area contributed by atoms with E-state index in [4.69, 9.17) is 0 Å². The SMILES string of the molecule is Cc1cccnc1C(NCC(O)c1ccccc1F)C(C)C. The highest BCUT2D eigenvalue weighted by molar-refractivity contribution is 5.23. The predicted octanol–water partition coefficient (Wildman–Crippen LogP) is 3.55. The second-order valence-corrected chi connectivity index (χ2v) is 5.87. The Morgan fingerprint density at radius 3 is 2.55 bits per heavy atom. The van der Waals surface area contributed by atoms with Crippen LogP contribution in [0.3, 0.4) is 0 Å². The first-order valence-electron chi connectivity index (χ1n) is 7.58. The molecular formula is C18H23FN2O. The van der Waals surface area contributed by atoms with Gasteiger partial charge in [0.05, 0.1) is 17.8 Å². The van der Waals surface area contributed by atoms with Crippen LogP contribution in [0.1, 0.15) is 42.8 Å². The van der Waals surface area contributed by atoms with Gasteiger partial charge in [-0.25, -0.2) is 4.39 Å². The molecule has 0 radical (unpaired) electrons. The highest BCUT2D eigenvalue weighted by Crippen LogP contribution is 2.24. The molecule has 2 rings (SSSR count). The molecule has 2 N–H and O–H groups in total. The minimum atomic E-state index is -0.883. The van der Waals surface area contributed by atoms with Crippen LogP contribution in [0.5, 0.6) is 0 Å². The molecule has 0 aliphatic heterocycles. The molecule has 0 amide bonds. The van der Waals surface area contributed by atoms with Crippen molar-refractivity contribution in [1.29, 1.82) is 0 Å². The minimum absolute atomic E-state index is 0.0163. The summed E-state index contributed by atoms with van der Waals surface area (Å²) in [4.78, 5) is 4.45. The monoisotopic (exact) mass is 302 g/mol. The van der Waals surface area contributed by atoms with Crippen LogP contribution in [0.2, 0.25) is 0 Å². The molecule has 2 atom stereocenters. The Hall–Kier alpha value is -1.78. The summed E-state index contributed by atoms with van der Waals surface area (Å²) in [6, 6.07) is 10.3. The van der Waals surface area contributed by atoms with Gasteiger partial charge in [0, 0.05) is 18.3 Å². The van der Waals surface area contributed by atoms with E-state index >= 15 is 0 Å². The van der Waals surface area contributed by atoms with Crippen LogP contribution in [0.25, 0.3) is 0 Å². The third-order valence-electron chi connectivity index (χ3n) is 3.81. The number of nitrogens with zero attached hydrogens (tertiary/aromatic N) is 1. The summed E-state index contributed by atoms with van der Waals surface area (Å²) in [5, 5.41) is 13.5. The second kappa shape index (κ2) is 7.47. The maximum absolute atomic E-state index is 13.7. The van der Waals surface area contributed by atoms with Crippen LogP contribution in [-0.2, 0) is 0 Å². The van der Waals surface area contributed by atoms with E-state index in [1.807, 2.05) is 19.1 Å².